The third-order valence-corrected chi connectivity index (χ3v) is 3.83. The van der Waals surface area contributed by atoms with E-state index in [0.717, 1.165) is 45.2 Å². The molecule has 18 heavy (non-hydrogen) atoms. The van der Waals surface area contributed by atoms with Crippen LogP contribution in [0.2, 0.25) is 0 Å². The van der Waals surface area contributed by atoms with Gasteiger partial charge in [-0.3, -0.25) is 9.59 Å². The quantitative estimate of drug-likeness (QED) is 0.656. The van der Waals surface area contributed by atoms with Gasteiger partial charge in [0.2, 0.25) is 11.8 Å². The summed E-state index contributed by atoms with van der Waals surface area (Å²) in [5.74, 6) is 0.512. The van der Waals surface area contributed by atoms with E-state index in [0.29, 0.717) is 5.92 Å². The number of amides is 2. The van der Waals surface area contributed by atoms with Gasteiger partial charge in [-0.25, -0.2) is 0 Å². The predicted molar refractivity (Wildman–Crippen MR) is 69.0 cm³/mol. The smallest absolute Gasteiger partial charge is 0.242 e. The van der Waals surface area contributed by atoms with Crippen LogP contribution >= 0.6 is 0 Å². The molecule has 0 radical (unpaired) electrons. The third kappa shape index (κ3) is 3.45. The van der Waals surface area contributed by atoms with Crippen LogP contribution < -0.4 is 16.0 Å². The maximum Gasteiger partial charge on any atom is 0.242 e. The first-order valence-corrected chi connectivity index (χ1v) is 6.98. The molecule has 2 saturated heterocycles. The van der Waals surface area contributed by atoms with Crippen LogP contribution in [0.15, 0.2) is 0 Å². The Morgan fingerprint density at radius 3 is 2.89 bits per heavy atom. The van der Waals surface area contributed by atoms with E-state index < -0.39 is 0 Å². The Morgan fingerprint density at radius 1 is 1.28 bits per heavy atom. The number of nitrogens with one attached hydrogen (secondary N) is 3. The number of piperidine rings is 1. The van der Waals surface area contributed by atoms with Crippen LogP contribution in [0.3, 0.4) is 0 Å². The van der Waals surface area contributed by atoms with Crippen LogP contribution in [0, 0.1) is 5.92 Å². The molecule has 3 atom stereocenters. The first-order valence-electron chi connectivity index (χ1n) is 6.98. The van der Waals surface area contributed by atoms with Gasteiger partial charge in [0.1, 0.15) is 6.04 Å². The molecule has 5 nitrogen and oxygen atoms in total. The second-order valence-corrected chi connectivity index (χ2v) is 5.48. The Hall–Kier alpha value is -1.10. The minimum Gasteiger partial charge on any atom is -0.354 e. The minimum absolute atomic E-state index is 0.0244. The molecule has 2 heterocycles. The first-order chi connectivity index (χ1) is 8.66. The Kier molecular flexibility index (Phi) is 4.58. The Balaban J connectivity index is 1.87. The number of carbonyl (C=O) groups excluding carboxylic acids is 2. The van der Waals surface area contributed by atoms with Crippen molar-refractivity contribution in [3.63, 3.8) is 0 Å². The standard InChI is InChI=1S/C13H23N3O2/c1-9-5-7-14-11(8-9)13(18)16-10-4-2-3-6-15-12(10)17/h9-11,14H,2-8H2,1H3,(H,15,17)(H,16,18). The molecule has 2 fully saturated rings. The van der Waals surface area contributed by atoms with E-state index in [1.54, 1.807) is 0 Å². The molecule has 2 aliphatic rings. The average molecular weight is 253 g/mol. The molecule has 0 aromatic heterocycles. The molecule has 0 aliphatic carbocycles. The summed E-state index contributed by atoms with van der Waals surface area (Å²) in [6.07, 6.45) is 4.71. The molecular weight excluding hydrogens is 230 g/mol. The van der Waals surface area contributed by atoms with Gasteiger partial charge >= 0.3 is 0 Å². The number of rotatable bonds is 2. The van der Waals surface area contributed by atoms with Crippen LogP contribution in [0.4, 0.5) is 0 Å². The summed E-state index contributed by atoms with van der Waals surface area (Å²) in [5.41, 5.74) is 0. The highest BCUT2D eigenvalue weighted by molar-refractivity contribution is 5.89. The number of carbonyl (C=O) groups is 2. The van der Waals surface area contributed by atoms with Gasteiger partial charge in [0, 0.05) is 6.54 Å². The van der Waals surface area contributed by atoms with E-state index >= 15 is 0 Å². The van der Waals surface area contributed by atoms with Gasteiger partial charge in [-0.1, -0.05) is 6.92 Å². The lowest BCUT2D eigenvalue weighted by atomic mass is 9.93. The molecule has 3 unspecified atom stereocenters. The van der Waals surface area contributed by atoms with E-state index in [4.69, 9.17) is 0 Å². The normalized spacial score (nSPS) is 33.4. The maximum atomic E-state index is 12.1. The van der Waals surface area contributed by atoms with Crippen LogP contribution in [0.25, 0.3) is 0 Å². The lowest BCUT2D eigenvalue weighted by molar-refractivity contribution is -0.130. The molecule has 0 saturated carbocycles. The van der Waals surface area contributed by atoms with Crippen molar-refractivity contribution in [1.29, 1.82) is 0 Å². The second-order valence-electron chi connectivity index (χ2n) is 5.48. The van der Waals surface area contributed by atoms with E-state index in [-0.39, 0.29) is 23.9 Å². The molecule has 0 aromatic carbocycles. The molecule has 2 rings (SSSR count). The summed E-state index contributed by atoms with van der Waals surface area (Å²) < 4.78 is 0. The zero-order valence-corrected chi connectivity index (χ0v) is 11.0. The summed E-state index contributed by atoms with van der Waals surface area (Å²) in [5, 5.41) is 8.95. The van der Waals surface area contributed by atoms with Crippen molar-refractivity contribution < 1.29 is 9.59 Å². The first kappa shape index (κ1) is 13.3. The van der Waals surface area contributed by atoms with Crippen LogP contribution in [-0.4, -0.2) is 37.0 Å². The highest BCUT2D eigenvalue weighted by atomic mass is 16.2. The van der Waals surface area contributed by atoms with Crippen molar-refractivity contribution in [1.82, 2.24) is 16.0 Å². The molecular formula is C13H23N3O2. The Bertz CT molecular complexity index is 319. The fraction of sp³-hybridized carbons (Fsp3) is 0.846. The van der Waals surface area contributed by atoms with Crippen molar-refractivity contribution in [3.8, 4) is 0 Å². The summed E-state index contributed by atoms with van der Waals surface area (Å²) in [7, 11) is 0. The summed E-state index contributed by atoms with van der Waals surface area (Å²) in [6.45, 7) is 3.78. The van der Waals surface area contributed by atoms with E-state index in [2.05, 4.69) is 22.9 Å². The molecule has 102 valence electrons. The SMILES string of the molecule is CC1CCNC(C(=O)NC2CCCCNC2=O)C1. The topological polar surface area (TPSA) is 70.2 Å². The van der Waals surface area contributed by atoms with E-state index in [9.17, 15) is 9.59 Å². The van der Waals surface area contributed by atoms with Gasteiger partial charge in [0.05, 0.1) is 6.04 Å². The predicted octanol–water partition coefficient (Wildman–Crippen LogP) is 0.159. The number of hydrogen-bond donors (Lipinski definition) is 3. The molecule has 2 aliphatic heterocycles. The third-order valence-electron chi connectivity index (χ3n) is 3.83. The van der Waals surface area contributed by atoms with Crippen molar-refractivity contribution in [2.45, 2.75) is 51.1 Å². The summed E-state index contributed by atoms with van der Waals surface area (Å²) in [6, 6.07) is -0.483. The fourth-order valence-corrected chi connectivity index (χ4v) is 2.66. The van der Waals surface area contributed by atoms with Crippen molar-refractivity contribution in [2.24, 2.45) is 5.92 Å². The zero-order chi connectivity index (χ0) is 13.0. The van der Waals surface area contributed by atoms with E-state index in [1.165, 1.54) is 0 Å². The molecule has 3 N–H and O–H groups in total. The fourth-order valence-electron chi connectivity index (χ4n) is 2.66. The van der Waals surface area contributed by atoms with Crippen LogP contribution in [0.5, 0.6) is 0 Å². The lowest BCUT2D eigenvalue weighted by Crippen LogP contribution is -2.54. The monoisotopic (exact) mass is 253 g/mol. The summed E-state index contributed by atoms with van der Waals surface area (Å²) in [4.78, 5) is 23.9. The molecule has 2 amide bonds. The molecule has 5 heteroatoms. The minimum atomic E-state index is -0.348. The zero-order valence-electron chi connectivity index (χ0n) is 11.0. The maximum absolute atomic E-state index is 12.1. The highest BCUT2D eigenvalue weighted by Crippen LogP contribution is 2.15. The van der Waals surface area contributed by atoms with Gasteiger partial charge in [-0.15, -0.1) is 0 Å². The van der Waals surface area contributed by atoms with Crippen molar-refractivity contribution in [2.75, 3.05) is 13.1 Å². The second kappa shape index (κ2) is 6.18. The molecule has 0 spiro atoms. The van der Waals surface area contributed by atoms with Gasteiger partial charge in [-0.05, 0) is 44.6 Å². The largest absolute Gasteiger partial charge is 0.354 e. The van der Waals surface area contributed by atoms with Crippen LogP contribution in [0.1, 0.15) is 39.0 Å². The van der Waals surface area contributed by atoms with Gasteiger partial charge in [0.15, 0.2) is 0 Å². The van der Waals surface area contributed by atoms with Gasteiger partial charge in [0.25, 0.3) is 0 Å². The highest BCUT2D eigenvalue weighted by Gasteiger charge is 2.28. The molecule has 0 bridgehead atoms. The lowest BCUT2D eigenvalue weighted by Gasteiger charge is -2.28. The Morgan fingerprint density at radius 2 is 2.11 bits per heavy atom. The molecule has 0 aromatic rings. The van der Waals surface area contributed by atoms with Gasteiger partial charge in [-0.2, -0.15) is 0 Å². The Labute approximate surface area is 108 Å². The summed E-state index contributed by atoms with van der Waals surface area (Å²) >= 11 is 0. The van der Waals surface area contributed by atoms with Crippen molar-refractivity contribution >= 4 is 11.8 Å². The van der Waals surface area contributed by atoms with Crippen molar-refractivity contribution in [3.05, 3.63) is 0 Å². The van der Waals surface area contributed by atoms with E-state index in [1.807, 2.05) is 0 Å². The average Bonchev–Trinajstić information content (AvgIpc) is 2.55. The van der Waals surface area contributed by atoms with Gasteiger partial charge < -0.3 is 16.0 Å². The number of hydrogen-bond acceptors (Lipinski definition) is 3. The van der Waals surface area contributed by atoms with Crippen LogP contribution in [-0.2, 0) is 9.59 Å².